The van der Waals surface area contributed by atoms with Gasteiger partial charge in [0.05, 0.1) is 12.6 Å². The predicted octanol–water partition coefficient (Wildman–Crippen LogP) is 4.62. The SMILES string of the molecule is Cc1ccc(CN2CCCC2c2ncc(C)n2Cc2ccc(F)cc2)o1. The third-order valence-corrected chi connectivity index (χ3v) is 5.16. The highest BCUT2D eigenvalue weighted by molar-refractivity contribution is 5.19. The Labute approximate surface area is 153 Å². The van der Waals surface area contributed by atoms with Crippen LogP contribution in [0.2, 0.25) is 0 Å². The molecule has 1 atom stereocenters. The minimum atomic E-state index is -0.202. The molecule has 0 spiro atoms. The zero-order valence-corrected chi connectivity index (χ0v) is 15.3. The number of hydrogen-bond acceptors (Lipinski definition) is 3. The average Bonchev–Trinajstić information content (AvgIpc) is 3.32. The lowest BCUT2D eigenvalue weighted by Crippen LogP contribution is -2.25. The summed E-state index contributed by atoms with van der Waals surface area (Å²) in [7, 11) is 0. The highest BCUT2D eigenvalue weighted by atomic mass is 19.1. The summed E-state index contributed by atoms with van der Waals surface area (Å²) in [5.74, 6) is 2.84. The molecule has 3 aromatic rings. The molecule has 1 saturated heterocycles. The summed E-state index contributed by atoms with van der Waals surface area (Å²) in [5, 5.41) is 0. The Morgan fingerprint density at radius 3 is 2.65 bits per heavy atom. The molecule has 5 heteroatoms. The van der Waals surface area contributed by atoms with Crippen LogP contribution in [0.25, 0.3) is 0 Å². The summed E-state index contributed by atoms with van der Waals surface area (Å²) in [6.45, 7) is 6.62. The molecule has 1 fully saturated rings. The van der Waals surface area contributed by atoms with E-state index in [1.54, 1.807) is 0 Å². The molecule has 4 nitrogen and oxygen atoms in total. The fourth-order valence-corrected chi connectivity index (χ4v) is 3.80. The van der Waals surface area contributed by atoms with Gasteiger partial charge in [-0.05, 0) is 63.1 Å². The minimum absolute atomic E-state index is 0.202. The molecule has 0 radical (unpaired) electrons. The Morgan fingerprint density at radius 2 is 1.92 bits per heavy atom. The normalized spacial score (nSPS) is 17.9. The molecule has 1 aromatic carbocycles. The van der Waals surface area contributed by atoms with Crippen LogP contribution >= 0.6 is 0 Å². The first-order chi connectivity index (χ1) is 12.6. The number of furan rings is 1. The van der Waals surface area contributed by atoms with E-state index < -0.39 is 0 Å². The summed E-state index contributed by atoms with van der Waals surface area (Å²) < 4.78 is 21.2. The van der Waals surface area contributed by atoms with Crippen LogP contribution < -0.4 is 0 Å². The maximum Gasteiger partial charge on any atom is 0.126 e. The van der Waals surface area contributed by atoms with Gasteiger partial charge in [-0.15, -0.1) is 0 Å². The molecule has 3 heterocycles. The Hall–Kier alpha value is -2.40. The largest absolute Gasteiger partial charge is 0.465 e. The third-order valence-electron chi connectivity index (χ3n) is 5.16. The van der Waals surface area contributed by atoms with Crippen molar-refractivity contribution in [2.45, 2.75) is 45.8 Å². The number of benzene rings is 1. The molecule has 4 rings (SSSR count). The van der Waals surface area contributed by atoms with Crippen molar-refractivity contribution in [3.8, 4) is 0 Å². The van der Waals surface area contributed by atoms with Gasteiger partial charge in [-0.25, -0.2) is 9.37 Å². The first-order valence-corrected chi connectivity index (χ1v) is 9.16. The van der Waals surface area contributed by atoms with Crippen molar-refractivity contribution in [2.24, 2.45) is 0 Å². The van der Waals surface area contributed by atoms with E-state index in [0.29, 0.717) is 6.54 Å². The Balaban J connectivity index is 1.57. The van der Waals surface area contributed by atoms with Crippen LogP contribution in [0.1, 0.15) is 47.5 Å². The maximum atomic E-state index is 13.2. The molecular formula is C21H24FN3O. The highest BCUT2D eigenvalue weighted by Gasteiger charge is 2.30. The number of rotatable bonds is 5. The van der Waals surface area contributed by atoms with Crippen molar-refractivity contribution < 1.29 is 8.81 Å². The molecule has 136 valence electrons. The van der Waals surface area contributed by atoms with E-state index in [4.69, 9.17) is 9.40 Å². The van der Waals surface area contributed by atoms with E-state index in [-0.39, 0.29) is 11.9 Å². The van der Waals surface area contributed by atoms with Crippen molar-refractivity contribution in [3.05, 3.63) is 77.0 Å². The molecule has 0 bridgehead atoms. The van der Waals surface area contributed by atoms with Crippen LogP contribution in [-0.4, -0.2) is 21.0 Å². The van der Waals surface area contributed by atoms with E-state index in [2.05, 4.69) is 22.5 Å². The van der Waals surface area contributed by atoms with Crippen LogP contribution in [0.3, 0.4) is 0 Å². The average molecular weight is 353 g/mol. The van der Waals surface area contributed by atoms with Crippen LogP contribution in [0.15, 0.2) is 47.0 Å². The summed E-state index contributed by atoms with van der Waals surface area (Å²) in [5.41, 5.74) is 2.21. The second kappa shape index (κ2) is 7.08. The smallest absolute Gasteiger partial charge is 0.126 e. The summed E-state index contributed by atoms with van der Waals surface area (Å²) in [6, 6.07) is 11.1. The quantitative estimate of drug-likeness (QED) is 0.671. The van der Waals surface area contributed by atoms with Crippen molar-refractivity contribution in [3.63, 3.8) is 0 Å². The minimum Gasteiger partial charge on any atom is -0.465 e. The number of aromatic nitrogens is 2. The number of nitrogens with zero attached hydrogens (tertiary/aromatic N) is 3. The van der Waals surface area contributed by atoms with Crippen LogP contribution in [0, 0.1) is 19.7 Å². The summed E-state index contributed by atoms with van der Waals surface area (Å²) in [6.07, 6.45) is 4.19. The fourth-order valence-electron chi connectivity index (χ4n) is 3.80. The molecule has 0 saturated carbocycles. The van der Waals surface area contributed by atoms with Gasteiger partial charge in [0.15, 0.2) is 0 Å². The molecule has 0 aliphatic carbocycles. The second-order valence-corrected chi connectivity index (χ2v) is 7.11. The molecule has 1 aliphatic rings. The van der Waals surface area contributed by atoms with Gasteiger partial charge in [-0.3, -0.25) is 4.90 Å². The molecule has 0 N–H and O–H groups in total. The van der Waals surface area contributed by atoms with Gasteiger partial charge in [-0.1, -0.05) is 12.1 Å². The summed E-state index contributed by atoms with van der Waals surface area (Å²) in [4.78, 5) is 7.17. The second-order valence-electron chi connectivity index (χ2n) is 7.11. The van der Waals surface area contributed by atoms with Gasteiger partial charge >= 0.3 is 0 Å². The maximum absolute atomic E-state index is 13.2. The van der Waals surface area contributed by atoms with Crippen LogP contribution in [0.5, 0.6) is 0 Å². The van der Waals surface area contributed by atoms with Gasteiger partial charge in [0, 0.05) is 18.4 Å². The topological polar surface area (TPSA) is 34.2 Å². The number of likely N-dealkylation sites (tertiary alicyclic amines) is 1. The molecule has 0 amide bonds. The van der Waals surface area contributed by atoms with Gasteiger partial charge in [0.2, 0.25) is 0 Å². The summed E-state index contributed by atoms with van der Waals surface area (Å²) >= 11 is 0. The molecule has 26 heavy (non-hydrogen) atoms. The number of hydrogen-bond donors (Lipinski definition) is 0. The van der Waals surface area contributed by atoms with E-state index in [0.717, 1.165) is 54.5 Å². The van der Waals surface area contributed by atoms with E-state index >= 15 is 0 Å². The standard InChI is InChI=1S/C21H24FN3O/c1-15-12-23-21(25(15)13-17-6-8-18(22)9-7-17)20-4-3-11-24(20)14-19-10-5-16(2)26-19/h5-10,12,20H,3-4,11,13-14H2,1-2H3. The first kappa shape index (κ1) is 17.0. The first-order valence-electron chi connectivity index (χ1n) is 9.16. The van der Waals surface area contributed by atoms with Crippen LogP contribution in [-0.2, 0) is 13.1 Å². The lowest BCUT2D eigenvalue weighted by Gasteiger charge is -2.24. The number of imidazole rings is 1. The molecule has 2 aromatic heterocycles. The lowest BCUT2D eigenvalue weighted by molar-refractivity contribution is 0.216. The number of aryl methyl sites for hydroxylation is 2. The van der Waals surface area contributed by atoms with Crippen LogP contribution in [0.4, 0.5) is 4.39 Å². The third kappa shape index (κ3) is 3.44. The van der Waals surface area contributed by atoms with E-state index in [9.17, 15) is 4.39 Å². The zero-order valence-electron chi connectivity index (χ0n) is 15.3. The Bertz CT molecular complexity index is 881. The van der Waals surface area contributed by atoms with E-state index in [1.165, 1.54) is 12.1 Å². The van der Waals surface area contributed by atoms with Crippen molar-refractivity contribution in [1.82, 2.24) is 14.5 Å². The fraction of sp³-hybridized carbons (Fsp3) is 0.381. The van der Waals surface area contributed by atoms with Crippen molar-refractivity contribution in [1.29, 1.82) is 0 Å². The van der Waals surface area contributed by atoms with E-state index in [1.807, 2.05) is 31.3 Å². The van der Waals surface area contributed by atoms with Gasteiger partial charge in [0.1, 0.15) is 23.2 Å². The molecule has 1 unspecified atom stereocenters. The Morgan fingerprint density at radius 1 is 1.12 bits per heavy atom. The molecule has 1 aliphatic heterocycles. The van der Waals surface area contributed by atoms with Crippen molar-refractivity contribution >= 4 is 0 Å². The lowest BCUT2D eigenvalue weighted by atomic mass is 10.1. The Kier molecular flexibility index (Phi) is 4.64. The van der Waals surface area contributed by atoms with Gasteiger partial charge in [-0.2, -0.15) is 0 Å². The van der Waals surface area contributed by atoms with Gasteiger partial charge < -0.3 is 8.98 Å². The zero-order chi connectivity index (χ0) is 18.1. The highest BCUT2D eigenvalue weighted by Crippen LogP contribution is 2.33. The monoisotopic (exact) mass is 353 g/mol. The number of halogens is 1. The van der Waals surface area contributed by atoms with Crippen molar-refractivity contribution in [2.75, 3.05) is 6.54 Å². The van der Waals surface area contributed by atoms with Gasteiger partial charge in [0.25, 0.3) is 0 Å². The predicted molar refractivity (Wildman–Crippen MR) is 98.3 cm³/mol. The molecular weight excluding hydrogens is 329 g/mol.